The van der Waals surface area contributed by atoms with Crippen LogP contribution in [0.15, 0.2) is 104 Å². The molecule has 0 amide bonds. The highest BCUT2D eigenvalue weighted by Crippen LogP contribution is 2.37. The lowest BCUT2D eigenvalue weighted by atomic mass is 9.99. The third-order valence-electron chi connectivity index (χ3n) is 5.00. The van der Waals surface area contributed by atoms with Crippen LogP contribution in [0.25, 0.3) is 10.8 Å². The molecule has 0 aromatic heterocycles. The van der Waals surface area contributed by atoms with Crippen LogP contribution in [0.2, 0.25) is 13.1 Å². The van der Waals surface area contributed by atoms with E-state index in [4.69, 9.17) is 0 Å². The van der Waals surface area contributed by atoms with Gasteiger partial charge in [0.15, 0.2) is 0 Å². The predicted octanol–water partition coefficient (Wildman–Crippen LogP) is 7.20. The monoisotopic (exact) mass is 368 g/mol. The van der Waals surface area contributed by atoms with Crippen LogP contribution < -0.4 is 0 Å². The van der Waals surface area contributed by atoms with Crippen LogP contribution in [-0.2, 0) is 6.04 Å². The summed E-state index contributed by atoms with van der Waals surface area (Å²) in [5.74, 6) is 0. The Morgan fingerprint density at radius 1 is 0.741 bits per heavy atom. The van der Waals surface area contributed by atoms with Crippen molar-refractivity contribution in [3.05, 3.63) is 120 Å². The molecule has 0 saturated heterocycles. The molecule has 0 spiro atoms. The van der Waals surface area contributed by atoms with Gasteiger partial charge in [-0.2, -0.15) is 0 Å². The maximum Gasteiger partial charge on any atom is 0.0861 e. The zero-order valence-corrected chi connectivity index (χ0v) is 17.4. The first-order valence-corrected chi connectivity index (χ1v) is 12.8. The fraction of sp³-hybridized carbons (Fsp3) is 0.154. The molecule has 0 bridgehead atoms. The first-order valence-electron chi connectivity index (χ1n) is 9.61. The summed E-state index contributed by atoms with van der Waals surface area (Å²) >= 11 is 0. The van der Waals surface area contributed by atoms with E-state index in [9.17, 15) is 0 Å². The van der Waals surface area contributed by atoms with Gasteiger partial charge in [-0.25, -0.2) is 0 Å². The first kappa shape index (κ1) is 19.1. The lowest BCUT2D eigenvalue weighted by molar-refractivity contribution is 1.32. The second-order valence-electron chi connectivity index (χ2n) is 7.62. The van der Waals surface area contributed by atoms with Crippen LogP contribution in [0.5, 0.6) is 0 Å². The molecule has 136 valence electrons. The average Bonchev–Trinajstić information content (AvgIpc) is 2.69. The molecule has 0 heterocycles. The second-order valence-corrected chi connectivity index (χ2v) is 12.2. The number of rotatable bonds is 7. The summed E-state index contributed by atoms with van der Waals surface area (Å²) in [6, 6.07) is 33.8. The second kappa shape index (κ2) is 8.83. The molecule has 0 N–H and O–H groups in total. The van der Waals surface area contributed by atoms with Crippen molar-refractivity contribution in [2.45, 2.75) is 25.6 Å². The molecule has 27 heavy (non-hydrogen) atoms. The molecule has 3 aromatic rings. The number of benzene rings is 3. The lowest BCUT2D eigenvalue weighted by Gasteiger charge is -2.30. The van der Waals surface area contributed by atoms with Gasteiger partial charge in [-0.1, -0.05) is 116 Å². The van der Waals surface area contributed by atoms with E-state index in [-0.39, 0.29) is 0 Å². The summed E-state index contributed by atoms with van der Waals surface area (Å²) < 4.78 is 0. The highest BCUT2D eigenvalue weighted by atomic mass is 28.3. The standard InChI is InChI=1S/C26H28Si/c1-4-14-25(23-17-10-6-11-18-23)26(24-19-12-7-13-20-24)27(2,3)21-22-15-8-5-9-16-22/h4-13,15-20H,1,14,21H2,2-3H3/b26-25+. The van der Waals surface area contributed by atoms with Gasteiger partial charge in [0.1, 0.15) is 0 Å². The number of hydrogen-bond donors (Lipinski definition) is 0. The fourth-order valence-electron chi connectivity index (χ4n) is 3.92. The van der Waals surface area contributed by atoms with E-state index in [1.165, 1.54) is 27.5 Å². The third-order valence-corrected chi connectivity index (χ3v) is 8.24. The van der Waals surface area contributed by atoms with Gasteiger partial charge in [0.25, 0.3) is 0 Å². The topological polar surface area (TPSA) is 0 Å². The van der Waals surface area contributed by atoms with E-state index in [2.05, 4.69) is 111 Å². The average molecular weight is 369 g/mol. The van der Waals surface area contributed by atoms with E-state index in [0.717, 1.165) is 12.5 Å². The minimum atomic E-state index is -1.77. The van der Waals surface area contributed by atoms with Crippen LogP contribution in [0, 0.1) is 0 Å². The Morgan fingerprint density at radius 2 is 1.22 bits per heavy atom. The molecule has 0 atom stereocenters. The summed E-state index contributed by atoms with van der Waals surface area (Å²) in [4.78, 5) is 0. The van der Waals surface area contributed by atoms with Crippen molar-refractivity contribution < 1.29 is 0 Å². The predicted molar refractivity (Wildman–Crippen MR) is 122 cm³/mol. The zero-order valence-electron chi connectivity index (χ0n) is 16.4. The quantitative estimate of drug-likeness (QED) is 0.235. The third kappa shape index (κ3) is 4.75. The Balaban J connectivity index is 2.19. The van der Waals surface area contributed by atoms with Crippen LogP contribution in [0.4, 0.5) is 0 Å². The van der Waals surface area contributed by atoms with Crippen molar-refractivity contribution in [2.75, 3.05) is 0 Å². The molecular formula is C26H28Si. The van der Waals surface area contributed by atoms with Crippen LogP contribution >= 0.6 is 0 Å². The maximum atomic E-state index is 4.05. The molecule has 0 aliphatic heterocycles. The van der Waals surface area contributed by atoms with Crippen molar-refractivity contribution in [1.82, 2.24) is 0 Å². The van der Waals surface area contributed by atoms with Crippen LogP contribution in [0.3, 0.4) is 0 Å². The van der Waals surface area contributed by atoms with Crippen molar-refractivity contribution in [3.8, 4) is 0 Å². The zero-order chi connectivity index (χ0) is 19.1. The molecule has 0 saturated carbocycles. The molecule has 3 aromatic carbocycles. The van der Waals surface area contributed by atoms with Gasteiger partial charge in [-0.15, -0.1) is 6.58 Å². The summed E-state index contributed by atoms with van der Waals surface area (Å²) in [6.07, 6.45) is 2.93. The molecule has 0 nitrogen and oxygen atoms in total. The summed E-state index contributed by atoms with van der Waals surface area (Å²) in [5.41, 5.74) is 5.51. The van der Waals surface area contributed by atoms with Gasteiger partial charge in [-0.3, -0.25) is 0 Å². The molecule has 1 heteroatoms. The van der Waals surface area contributed by atoms with Gasteiger partial charge in [0, 0.05) is 0 Å². The SMILES string of the molecule is C=CC/C(=C(/c1ccccc1)[Si](C)(C)Cc1ccccc1)c1ccccc1. The van der Waals surface area contributed by atoms with Gasteiger partial charge < -0.3 is 0 Å². The highest BCUT2D eigenvalue weighted by molar-refractivity contribution is 6.95. The van der Waals surface area contributed by atoms with Crippen molar-refractivity contribution in [1.29, 1.82) is 0 Å². The van der Waals surface area contributed by atoms with E-state index in [1.807, 2.05) is 6.08 Å². The van der Waals surface area contributed by atoms with Crippen molar-refractivity contribution >= 4 is 18.8 Å². The van der Waals surface area contributed by atoms with Gasteiger partial charge in [0.2, 0.25) is 0 Å². The number of hydrogen-bond acceptors (Lipinski definition) is 0. The summed E-state index contributed by atoms with van der Waals surface area (Å²) in [5, 5.41) is 1.54. The Hall–Kier alpha value is -2.64. The highest BCUT2D eigenvalue weighted by Gasteiger charge is 2.30. The fourth-order valence-corrected chi connectivity index (χ4v) is 7.37. The molecule has 0 aliphatic rings. The molecule has 0 aliphatic carbocycles. The number of allylic oxidation sites excluding steroid dienone is 2. The minimum absolute atomic E-state index is 0.888. The Kier molecular flexibility index (Phi) is 6.26. The van der Waals surface area contributed by atoms with Crippen LogP contribution in [-0.4, -0.2) is 8.07 Å². The Labute approximate surface area is 164 Å². The van der Waals surface area contributed by atoms with E-state index in [0.29, 0.717) is 0 Å². The largest absolute Gasteiger partial charge is 0.103 e. The lowest BCUT2D eigenvalue weighted by Crippen LogP contribution is -2.32. The summed E-state index contributed by atoms with van der Waals surface area (Å²) in [7, 11) is -1.77. The Bertz CT molecular complexity index is 891. The maximum absolute atomic E-state index is 4.05. The molecular weight excluding hydrogens is 340 g/mol. The van der Waals surface area contributed by atoms with E-state index >= 15 is 0 Å². The van der Waals surface area contributed by atoms with Gasteiger partial charge in [-0.05, 0) is 34.4 Å². The molecule has 0 unspecified atom stereocenters. The summed E-state index contributed by atoms with van der Waals surface area (Å²) in [6.45, 7) is 9.04. The smallest absolute Gasteiger partial charge is 0.0861 e. The van der Waals surface area contributed by atoms with Gasteiger partial charge >= 0.3 is 0 Å². The van der Waals surface area contributed by atoms with E-state index < -0.39 is 8.07 Å². The van der Waals surface area contributed by atoms with Crippen molar-refractivity contribution in [2.24, 2.45) is 0 Å². The normalized spacial score (nSPS) is 12.4. The van der Waals surface area contributed by atoms with E-state index in [1.54, 1.807) is 0 Å². The van der Waals surface area contributed by atoms with Crippen LogP contribution in [0.1, 0.15) is 23.1 Å². The molecule has 0 radical (unpaired) electrons. The van der Waals surface area contributed by atoms with Crippen molar-refractivity contribution in [3.63, 3.8) is 0 Å². The molecule has 3 rings (SSSR count). The first-order chi connectivity index (χ1) is 13.1. The Morgan fingerprint density at radius 3 is 1.74 bits per heavy atom. The van der Waals surface area contributed by atoms with Gasteiger partial charge in [0.05, 0.1) is 8.07 Å². The molecule has 0 fully saturated rings. The minimum Gasteiger partial charge on any atom is -0.103 e.